The SMILES string of the molecule is [2H]c1c([2H])c(-c2c([2H])c([2H])c3c(-c4c([2H])c([2H])c5c([2H])c([2H])c([2H])c([2H])c5c4[2H])nc(-n4c5c([2H])c([2H])c([2H])c([2H])c5c5c([2H])c(-n6c7c([2H])c([2H])c([2H])c([2H])c7c7c([2H])c([2H])c([2H])c([2H])c76)c([2H])c([2H])c54)nc3c2[2H])c([2H])c([2H])c1C.[2H]c1c([2H])c([2H])c(-c2nc(-c3c([2H])c([2H])c(-n4c5c([2H])c([2H])c([2H])c([2H])c5c5c([2H])c(-n6c7c([2H])c([2H])c([2H])c([2H])c7c7c([2H])c([2H])c([2H])c([2H])c76)c([2H])c([2H])c54)c([2H])c3[2H])nc3c([2H])c(C)c([2H])c([2H])c23)c([2H])c1[2H]. The Morgan fingerprint density at radius 1 is 0.225 bits per heavy atom. The summed E-state index contributed by atoms with van der Waals surface area (Å²) in [5.41, 5.74) is -13.8. The second kappa shape index (κ2) is 23.6. The zero-order valence-corrected chi connectivity index (χ0v) is 51.6. The summed E-state index contributed by atoms with van der Waals surface area (Å²) in [7, 11) is 0. The minimum atomic E-state index is -1.04. The van der Waals surface area contributed by atoms with Crippen LogP contribution in [0, 0.1) is 13.8 Å². The van der Waals surface area contributed by atoms with Crippen LogP contribution in [0.2, 0.25) is 0 Å². The highest BCUT2D eigenvalue weighted by Crippen LogP contribution is 2.42. The average molecular weight is 1360 g/mol. The third-order valence-electron chi connectivity index (χ3n) is 16.3. The van der Waals surface area contributed by atoms with Crippen molar-refractivity contribution in [1.29, 1.82) is 0 Å². The molecule has 6 heterocycles. The molecule has 0 aliphatic rings. The lowest BCUT2D eigenvalue weighted by Crippen LogP contribution is -2.04. The van der Waals surface area contributed by atoms with Gasteiger partial charge in [-0.1, -0.05) is 223 Å². The van der Waals surface area contributed by atoms with Gasteiger partial charge in [0.05, 0.1) is 143 Å². The van der Waals surface area contributed by atoms with Crippen LogP contribution in [0.1, 0.15) is 87.9 Å². The first kappa shape index (κ1) is 25.3. The predicted octanol–water partition coefficient (Wildman–Crippen LogP) is 24.1. The molecule has 15 aromatic carbocycles. The highest BCUT2D eigenvalue weighted by Gasteiger charge is 2.22. The quantitative estimate of drug-likeness (QED) is 0.152. The summed E-state index contributed by atoms with van der Waals surface area (Å²) in [6, 6.07) is -47.9. The van der Waals surface area contributed by atoms with E-state index in [1.54, 1.807) is 0 Å². The van der Waals surface area contributed by atoms with Crippen molar-refractivity contribution in [2.75, 3.05) is 0 Å². The number of benzene rings is 15. The minimum absolute atomic E-state index is 0.0937. The van der Waals surface area contributed by atoms with Gasteiger partial charge in [-0.05, 0) is 162 Å². The molecular formula is C94H62N8. The molecule has 8 heteroatoms. The van der Waals surface area contributed by atoms with E-state index in [-0.39, 0.29) is 11.1 Å². The van der Waals surface area contributed by atoms with Gasteiger partial charge in [-0.25, -0.2) is 19.9 Å². The van der Waals surface area contributed by atoms with Crippen LogP contribution >= 0.6 is 0 Å². The van der Waals surface area contributed by atoms with E-state index in [4.69, 9.17) is 50.7 Å². The smallest absolute Gasteiger partial charge is 0.235 e. The monoisotopic (exact) mass is 1360 g/mol. The van der Waals surface area contributed by atoms with Crippen LogP contribution in [0.15, 0.2) is 338 Å². The number of hydrogen-bond donors (Lipinski definition) is 0. The van der Waals surface area contributed by atoms with E-state index < -0.39 is 526 Å². The summed E-state index contributed by atoms with van der Waals surface area (Å²) in [5.74, 6) is -1.66. The van der Waals surface area contributed by atoms with E-state index in [2.05, 4.69) is 19.9 Å². The normalized spacial score (nSPS) is 19.5. The van der Waals surface area contributed by atoms with Gasteiger partial charge in [0.25, 0.3) is 0 Å². The van der Waals surface area contributed by atoms with Gasteiger partial charge in [-0.2, -0.15) is 0 Å². The molecule has 0 saturated heterocycles. The fraction of sp³-hybridized carbons (Fsp3) is 0.0213. The Bertz CT molecular complexity index is 10300. The first-order valence-electron chi connectivity index (χ1n) is 58.2. The molecule has 0 bridgehead atoms. The van der Waals surface area contributed by atoms with Crippen LogP contribution in [-0.2, 0) is 0 Å². The van der Waals surface area contributed by atoms with Crippen molar-refractivity contribution >= 4 is 120 Å². The Morgan fingerprint density at radius 3 is 1.20 bits per heavy atom. The van der Waals surface area contributed by atoms with Gasteiger partial charge < -0.3 is 13.7 Å². The highest BCUT2D eigenvalue weighted by molar-refractivity contribution is 6.14. The van der Waals surface area contributed by atoms with E-state index >= 15 is 0 Å². The van der Waals surface area contributed by atoms with Crippen LogP contribution in [0.3, 0.4) is 0 Å². The number of para-hydroxylation sites is 6. The van der Waals surface area contributed by atoms with Gasteiger partial charge in [-0.15, -0.1) is 0 Å². The van der Waals surface area contributed by atoms with E-state index in [0.29, 0.717) is 0 Å². The first-order valence-corrected chi connectivity index (χ1v) is 30.2. The molecule has 0 radical (unpaired) electrons. The lowest BCUT2D eigenvalue weighted by molar-refractivity contribution is 1.01. The van der Waals surface area contributed by atoms with Gasteiger partial charge in [0.15, 0.2) is 5.82 Å². The molecule has 0 aliphatic carbocycles. The third kappa shape index (κ3) is 9.60. The molecule has 0 N–H and O–H groups in total. The molecule has 0 unspecified atom stereocenters. The zero-order chi connectivity index (χ0) is 116. The number of rotatable bonds is 8. The summed E-state index contributed by atoms with van der Waals surface area (Å²) < 4.78 is 507. The van der Waals surface area contributed by atoms with Crippen LogP contribution in [-0.4, -0.2) is 38.2 Å². The summed E-state index contributed by atoms with van der Waals surface area (Å²) in [6.07, 6.45) is 0. The molecule has 0 saturated carbocycles. The number of hydrogen-bond acceptors (Lipinski definition) is 4. The largest absolute Gasteiger partial charge is 0.309 e. The number of aromatic nitrogens is 8. The molecule has 8 nitrogen and oxygen atoms in total. The Labute approximate surface area is 665 Å². The standard InChI is InChI=1S/C49H32N4.C45H30N4/c1-31-18-20-33(21-19-31)35-24-26-41-43(29-35)50-49(51-48(41)36-23-22-32-10-2-3-11-34(32)28-36)53-46-17-9-6-14-40(46)42-30-37(25-27-47(42)53)52-44-15-7-4-12-38(44)39-13-5-8-16-45(39)52;1-29-19-25-37-39(27-29)46-45(47-44(37)30-11-3-2-4-12-30)31-20-22-32(23-21-31)48-42-18-10-7-15-36(42)38-28-33(24-26-43(38)48)49-40-16-8-5-13-34(40)35-14-6-9-17-41(35)49/h2-30H,1H3;2-28H,1H3/i2D,3D,4D,5D,6D,7D,8D,9D,10D,11D,12D,13D,14D,15D,16D,17D,18D,19D,20D,21D,22D,23D,24D,25D,26D,27D,28D,29D,30D;2D,3D,4D,5D,6D,7D,8D,9D,10D,11D,12D,13D,14D,15D,16D,17D,18D,19D,20D,21D,22D,23D,24D,25D,26D,27D,28D. The molecule has 0 fully saturated rings. The van der Waals surface area contributed by atoms with Crippen molar-refractivity contribution in [3.63, 3.8) is 0 Å². The first-order chi connectivity index (χ1) is 73.8. The van der Waals surface area contributed by atoms with Gasteiger partial charge >= 0.3 is 0 Å². The summed E-state index contributed by atoms with van der Waals surface area (Å²) in [4.78, 5) is 18.0. The molecule has 478 valence electrons. The molecular weight excluding hydrogens is 1240 g/mol. The maximum atomic E-state index is 10.0. The third-order valence-corrected chi connectivity index (χ3v) is 16.3. The topological polar surface area (TPSA) is 71.3 Å². The van der Waals surface area contributed by atoms with Crippen LogP contribution < -0.4 is 0 Å². The minimum Gasteiger partial charge on any atom is -0.309 e. The second-order valence-electron chi connectivity index (χ2n) is 22.3. The molecule has 0 aliphatic heterocycles. The molecule has 21 rings (SSSR count). The lowest BCUT2D eigenvalue weighted by Gasteiger charge is -2.14. The van der Waals surface area contributed by atoms with Crippen molar-refractivity contribution in [3.05, 3.63) is 350 Å². The summed E-state index contributed by atoms with van der Waals surface area (Å²) >= 11 is 0. The van der Waals surface area contributed by atoms with E-state index in [1.807, 2.05) is 0 Å². The highest BCUT2D eigenvalue weighted by atomic mass is 15.2. The van der Waals surface area contributed by atoms with E-state index in [9.17, 15) is 26.0 Å². The Balaban J connectivity index is 0.000000189. The fourth-order valence-electron chi connectivity index (χ4n) is 11.9. The Hall–Kier alpha value is -13.6. The maximum Gasteiger partial charge on any atom is 0.235 e. The van der Waals surface area contributed by atoms with Crippen LogP contribution in [0.5, 0.6) is 0 Å². The molecule has 102 heavy (non-hydrogen) atoms. The number of fused-ring (bicyclic) bond motifs is 15. The average Bonchev–Trinajstić information content (AvgIpc) is 1.52. The molecule has 6 aromatic heterocycles. The Kier molecular flexibility index (Phi) is 5.85. The van der Waals surface area contributed by atoms with Gasteiger partial charge in [0, 0.05) is 87.6 Å². The zero-order valence-electron chi connectivity index (χ0n) is 108. The summed E-state index contributed by atoms with van der Waals surface area (Å²) in [6.45, 7) is 2.61. The van der Waals surface area contributed by atoms with Gasteiger partial charge in [0.2, 0.25) is 5.95 Å². The second-order valence-corrected chi connectivity index (χ2v) is 22.3. The molecule has 0 atom stereocenters. The fourth-order valence-corrected chi connectivity index (χ4v) is 11.9. The van der Waals surface area contributed by atoms with Crippen molar-refractivity contribution in [2.24, 2.45) is 0 Å². The van der Waals surface area contributed by atoms with Crippen molar-refractivity contribution < 1.29 is 76.8 Å². The summed E-state index contributed by atoms with van der Waals surface area (Å²) in [5, 5.41) is -6.62. The van der Waals surface area contributed by atoms with E-state index in [0.717, 1.165) is 18.3 Å². The predicted molar refractivity (Wildman–Crippen MR) is 425 cm³/mol. The van der Waals surface area contributed by atoms with Gasteiger partial charge in [0.1, 0.15) is 0 Å². The van der Waals surface area contributed by atoms with Crippen molar-refractivity contribution in [2.45, 2.75) is 13.8 Å². The molecule has 0 amide bonds. The molecule has 21 aromatic rings. The van der Waals surface area contributed by atoms with Crippen LogP contribution in [0.25, 0.3) is 188 Å². The Morgan fingerprint density at radius 2 is 0.627 bits per heavy atom. The van der Waals surface area contributed by atoms with Crippen molar-refractivity contribution in [3.8, 4) is 68.0 Å². The number of nitrogens with zero attached hydrogens (tertiary/aromatic N) is 8. The van der Waals surface area contributed by atoms with Gasteiger partial charge in [-0.3, -0.25) is 4.57 Å². The molecule has 0 spiro atoms. The van der Waals surface area contributed by atoms with Crippen molar-refractivity contribution in [1.82, 2.24) is 38.2 Å². The maximum absolute atomic E-state index is 10.0. The van der Waals surface area contributed by atoms with Crippen LogP contribution in [0.4, 0.5) is 0 Å². The lowest BCUT2D eigenvalue weighted by atomic mass is 9.99. The van der Waals surface area contributed by atoms with E-state index in [1.165, 1.54) is 13.8 Å².